The van der Waals surface area contributed by atoms with Gasteiger partial charge < -0.3 is 4.74 Å². The molecule has 0 radical (unpaired) electrons. The van der Waals surface area contributed by atoms with Crippen molar-refractivity contribution in [2.45, 2.75) is 31.9 Å². The lowest BCUT2D eigenvalue weighted by Gasteiger charge is -2.48. The second kappa shape index (κ2) is 6.40. The van der Waals surface area contributed by atoms with Gasteiger partial charge in [-0.15, -0.1) is 10.2 Å². The lowest BCUT2D eigenvalue weighted by Crippen LogP contribution is -2.58. The molecule has 0 N–H and O–H groups in total. The second-order valence-corrected chi connectivity index (χ2v) is 6.76. The van der Waals surface area contributed by atoms with Gasteiger partial charge in [-0.25, -0.2) is 0 Å². The fraction of sp³-hybridized carbons (Fsp3) is 0.444. The van der Waals surface area contributed by atoms with Crippen LogP contribution in [0.15, 0.2) is 36.4 Å². The third-order valence-electron chi connectivity index (χ3n) is 5.34. The van der Waals surface area contributed by atoms with Crippen LogP contribution in [0.5, 0.6) is 5.88 Å². The lowest BCUT2D eigenvalue weighted by atomic mass is 9.81. The monoisotopic (exact) mass is 340 g/mol. The van der Waals surface area contributed by atoms with E-state index in [2.05, 4.69) is 22.0 Å². The molecular weight excluding hydrogens is 320 g/mol. The molecule has 130 valence electrons. The highest BCUT2D eigenvalue weighted by Crippen LogP contribution is 2.34. The highest BCUT2D eigenvalue weighted by atomic mass is 16.6. The van der Waals surface area contributed by atoms with Crippen molar-refractivity contribution in [3.63, 3.8) is 0 Å². The molecule has 3 fully saturated rings. The van der Waals surface area contributed by atoms with Crippen LogP contribution in [0.4, 0.5) is 5.69 Å². The Morgan fingerprint density at radius 1 is 1.20 bits per heavy atom. The average molecular weight is 340 g/mol. The van der Waals surface area contributed by atoms with Crippen molar-refractivity contribution < 1.29 is 9.66 Å². The van der Waals surface area contributed by atoms with Crippen LogP contribution >= 0.6 is 0 Å². The van der Waals surface area contributed by atoms with Crippen molar-refractivity contribution in [1.82, 2.24) is 15.1 Å². The highest BCUT2D eigenvalue weighted by molar-refractivity contribution is 5.62. The van der Waals surface area contributed by atoms with Crippen LogP contribution in [0.2, 0.25) is 0 Å². The zero-order valence-corrected chi connectivity index (χ0v) is 14.0. The number of benzene rings is 1. The number of nitrogens with zero attached hydrogens (tertiary/aromatic N) is 4. The zero-order chi connectivity index (χ0) is 17.4. The summed E-state index contributed by atoms with van der Waals surface area (Å²) in [5.74, 6) is 1.10. The van der Waals surface area contributed by atoms with Gasteiger partial charge in [0.2, 0.25) is 5.88 Å². The van der Waals surface area contributed by atoms with E-state index in [0.29, 0.717) is 29.1 Å². The van der Waals surface area contributed by atoms with E-state index in [0.717, 1.165) is 13.1 Å². The van der Waals surface area contributed by atoms with E-state index in [1.165, 1.54) is 25.0 Å². The van der Waals surface area contributed by atoms with E-state index in [1.807, 2.05) is 0 Å². The summed E-state index contributed by atoms with van der Waals surface area (Å²) in [5, 5.41) is 19.3. The van der Waals surface area contributed by atoms with Crippen LogP contribution < -0.4 is 4.74 Å². The summed E-state index contributed by atoms with van der Waals surface area (Å²) < 4.78 is 6.13. The number of hydrogen-bond donors (Lipinski definition) is 0. The second-order valence-electron chi connectivity index (χ2n) is 6.76. The Labute approximate surface area is 145 Å². The SMILES string of the molecule is CC1C(Oc2ccc(-c3cccc([N+](=O)[O-])c3)nn2)C2CCN1CC2. The summed E-state index contributed by atoms with van der Waals surface area (Å²) in [7, 11) is 0. The fourth-order valence-electron chi connectivity index (χ4n) is 3.91. The first kappa shape index (κ1) is 16.0. The Morgan fingerprint density at radius 2 is 2.00 bits per heavy atom. The number of hydrogen-bond acceptors (Lipinski definition) is 6. The van der Waals surface area contributed by atoms with Crippen LogP contribution in [0.3, 0.4) is 0 Å². The molecule has 3 aliphatic heterocycles. The molecule has 3 aliphatic rings. The molecule has 0 amide bonds. The number of non-ortho nitro benzene ring substituents is 1. The maximum Gasteiger partial charge on any atom is 0.270 e. The van der Waals surface area contributed by atoms with E-state index in [4.69, 9.17) is 4.74 Å². The minimum Gasteiger partial charge on any atom is -0.471 e. The fourth-order valence-corrected chi connectivity index (χ4v) is 3.91. The number of rotatable bonds is 4. The molecular formula is C18H20N4O3. The number of nitro benzene ring substituents is 1. The average Bonchev–Trinajstić information content (AvgIpc) is 2.66. The molecule has 7 nitrogen and oxygen atoms in total. The molecule has 5 rings (SSSR count). The summed E-state index contributed by atoms with van der Waals surface area (Å²) in [6.45, 7) is 4.52. The number of nitro groups is 1. The molecule has 7 heteroatoms. The third-order valence-corrected chi connectivity index (χ3v) is 5.34. The minimum atomic E-state index is -0.413. The Hall–Kier alpha value is -2.54. The van der Waals surface area contributed by atoms with Crippen molar-refractivity contribution in [3.05, 3.63) is 46.5 Å². The molecule has 1 aromatic heterocycles. The third kappa shape index (κ3) is 3.07. The van der Waals surface area contributed by atoms with E-state index >= 15 is 0 Å². The summed E-state index contributed by atoms with van der Waals surface area (Å²) in [4.78, 5) is 13.0. The van der Waals surface area contributed by atoms with Crippen LogP contribution in [-0.2, 0) is 0 Å². The van der Waals surface area contributed by atoms with Crippen LogP contribution in [0.25, 0.3) is 11.3 Å². The van der Waals surface area contributed by atoms with Crippen LogP contribution in [0.1, 0.15) is 19.8 Å². The van der Waals surface area contributed by atoms with Gasteiger partial charge in [0.25, 0.3) is 5.69 Å². The summed E-state index contributed by atoms with van der Waals surface area (Å²) in [5.41, 5.74) is 1.31. The first-order valence-corrected chi connectivity index (χ1v) is 8.61. The smallest absolute Gasteiger partial charge is 0.270 e. The highest BCUT2D eigenvalue weighted by Gasteiger charge is 2.41. The number of fused-ring (bicyclic) bond motifs is 3. The molecule has 2 unspecified atom stereocenters. The van der Waals surface area contributed by atoms with Gasteiger partial charge in [0.15, 0.2) is 0 Å². The predicted molar refractivity (Wildman–Crippen MR) is 92.3 cm³/mol. The van der Waals surface area contributed by atoms with Crippen molar-refractivity contribution in [3.8, 4) is 17.1 Å². The Morgan fingerprint density at radius 3 is 2.64 bits per heavy atom. The molecule has 3 saturated heterocycles. The largest absolute Gasteiger partial charge is 0.471 e. The molecule has 2 bridgehead atoms. The minimum absolute atomic E-state index is 0.0423. The van der Waals surface area contributed by atoms with Crippen molar-refractivity contribution in [2.24, 2.45) is 5.92 Å². The predicted octanol–water partition coefficient (Wildman–Crippen LogP) is 2.91. The van der Waals surface area contributed by atoms with E-state index in [-0.39, 0.29) is 11.8 Å². The first-order chi connectivity index (χ1) is 12.1. The topological polar surface area (TPSA) is 81.4 Å². The van der Waals surface area contributed by atoms with Gasteiger partial charge >= 0.3 is 0 Å². The Bertz CT molecular complexity index is 770. The number of ether oxygens (including phenoxy) is 1. The van der Waals surface area contributed by atoms with Gasteiger partial charge in [-0.05, 0) is 44.8 Å². The molecule has 2 atom stereocenters. The van der Waals surface area contributed by atoms with Gasteiger partial charge in [0.05, 0.1) is 10.6 Å². The van der Waals surface area contributed by atoms with Gasteiger partial charge in [0, 0.05) is 29.8 Å². The normalized spacial score (nSPS) is 27.9. The van der Waals surface area contributed by atoms with E-state index in [9.17, 15) is 10.1 Å². The summed E-state index contributed by atoms with van der Waals surface area (Å²) in [6.07, 6.45) is 2.50. The quantitative estimate of drug-likeness (QED) is 0.629. The Kier molecular flexibility index (Phi) is 4.09. The molecule has 25 heavy (non-hydrogen) atoms. The molecule has 1 aromatic carbocycles. The van der Waals surface area contributed by atoms with Gasteiger partial charge in [0.1, 0.15) is 6.10 Å². The first-order valence-electron chi connectivity index (χ1n) is 8.61. The van der Waals surface area contributed by atoms with Crippen molar-refractivity contribution >= 4 is 5.69 Å². The van der Waals surface area contributed by atoms with Crippen molar-refractivity contribution in [2.75, 3.05) is 13.1 Å². The standard InChI is InChI=1S/C18H20N4O3/c1-12-18(13-7-9-21(12)10-8-13)25-17-6-5-16(19-20-17)14-3-2-4-15(11-14)22(23)24/h2-6,11-13,18H,7-10H2,1H3. The number of piperidine rings is 3. The van der Waals surface area contributed by atoms with Gasteiger partial charge in [-0.3, -0.25) is 15.0 Å². The van der Waals surface area contributed by atoms with E-state index in [1.54, 1.807) is 24.3 Å². The molecule has 0 saturated carbocycles. The van der Waals surface area contributed by atoms with Crippen LogP contribution in [0, 0.1) is 16.0 Å². The van der Waals surface area contributed by atoms with E-state index < -0.39 is 4.92 Å². The Balaban J connectivity index is 1.51. The summed E-state index contributed by atoms with van der Waals surface area (Å²) >= 11 is 0. The van der Waals surface area contributed by atoms with Crippen LogP contribution in [-0.4, -0.2) is 45.3 Å². The molecule has 2 aromatic rings. The molecule has 0 spiro atoms. The zero-order valence-electron chi connectivity index (χ0n) is 14.0. The lowest BCUT2D eigenvalue weighted by molar-refractivity contribution is -0.384. The maximum absolute atomic E-state index is 10.9. The summed E-state index contributed by atoms with van der Waals surface area (Å²) in [6, 6.07) is 10.4. The van der Waals surface area contributed by atoms with Crippen molar-refractivity contribution in [1.29, 1.82) is 0 Å². The molecule has 4 heterocycles. The molecule has 0 aliphatic carbocycles. The maximum atomic E-state index is 10.9. The number of aromatic nitrogens is 2. The van der Waals surface area contributed by atoms with Gasteiger partial charge in [-0.1, -0.05) is 12.1 Å². The van der Waals surface area contributed by atoms with Gasteiger partial charge in [-0.2, -0.15) is 0 Å².